The molecular formula is C15H12BrFO3. The van der Waals surface area contributed by atoms with E-state index in [0.717, 1.165) is 11.1 Å². The van der Waals surface area contributed by atoms with Crippen LogP contribution in [-0.2, 0) is 17.8 Å². The number of hydrogen-bond acceptors (Lipinski definition) is 2. The van der Waals surface area contributed by atoms with Crippen molar-refractivity contribution in [2.24, 2.45) is 0 Å². The van der Waals surface area contributed by atoms with Crippen LogP contribution in [0.2, 0.25) is 0 Å². The molecule has 0 aliphatic heterocycles. The van der Waals surface area contributed by atoms with Crippen LogP contribution >= 0.6 is 15.9 Å². The fraction of sp³-hybridized carbons (Fsp3) is 0.133. The largest absolute Gasteiger partial charge is 0.488 e. The van der Waals surface area contributed by atoms with E-state index in [9.17, 15) is 9.18 Å². The Labute approximate surface area is 124 Å². The predicted octanol–water partition coefficient (Wildman–Crippen LogP) is 3.79. The molecule has 0 saturated carbocycles. The van der Waals surface area contributed by atoms with E-state index < -0.39 is 5.97 Å². The van der Waals surface area contributed by atoms with Gasteiger partial charge in [-0.3, -0.25) is 4.79 Å². The van der Waals surface area contributed by atoms with Crippen LogP contribution in [0.1, 0.15) is 11.1 Å². The maximum Gasteiger partial charge on any atom is 0.307 e. The summed E-state index contributed by atoms with van der Waals surface area (Å²) < 4.78 is 19.3. The van der Waals surface area contributed by atoms with Crippen LogP contribution in [-0.4, -0.2) is 11.1 Å². The maximum absolute atomic E-state index is 13.1. The third kappa shape index (κ3) is 4.06. The van der Waals surface area contributed by atoms with E-state index in [4.69, 9.17) is 9.84 Å². The van der Waals surface area contributed by atoms with E-state index in [1.165, 1.54) is 12.1 Å². The maximum atomic E-state index is 13.1. The topological polar surface area (TPSA) is 46.5 Å². The zero-order chi connectivity index (χ0) is 14.5. The van der Waals surface area contributed by atoms with Gasteiger partial charge in [0.25, 0.3) is 0 Å². The van der Waals surface area contributed by atoms with E-state index in [0.29, 0.717) is 10.2 Å². The molecule has 0 amide bonds. The second kappa shape index (κ2) is 6.52. The molecule has 0 aliphatic rings. The minimum absolute atomic E-state index is 0.00339. The van der Waals surface area contributed by atoms with Crippen molar-refractivity contribution in [3.05, 3.63) is 63.9 Å². The molecule has 104 valence electrons. The molecule has 0 atom stereocenters. The Hall–Kier alpha value is -1.88. The number of carbonyl (C=O) groups is 1. The lowest BCUT2D eigenvalue weighted by Crippen LogP contribution is -2.01. The van der Waals surface area contributed by atoms with Gasteiger partial charge in [0.05, 0.1) is 10.9 Å². The standard InChI is InChI=1S/C15H12BrFO3/c16-13-6-5-12(17)8-14(13)20-9-11-3-1-10(2-4-11)7-15(18)19/h1-6,8H,7,9H2,(H,18,19). The van der Waals surface area contributed by atoms with Gasteiger partial charge in [0.15, 0.2) is 0 Å². The third-order valence-electron chi connectivity index (χ3n) is 2.67. The van der Waals surface area contributed by atoms with Gasteiger partial charge >= 0.3 is 5.97 Å². The molecule has 2 aromatic rings. The summed E-state index contributed by atoms with van der Waals surface area (Å²) in [4.78, 5) is 10.6. The highest BCUT2D eigenvalue weighted by molar-refractivity contribution is 9.10. The molecule has 0 bridgehead atoms. The van der Waals surface area contributed by atoms with Crippen molar-refractivity contribution < 1.29 is 19.0 Å². The van der Waals surface area contributed by atoms with Crippen LogP contribution in [0.3, 0.4) is 0 Å². The SMILES string of the molecule is O=C(O)Cc1ccc(COc2cc(F)ccc2Br)cc1. The Morgan fingerprint density at radius 3 is 2.45 bits per heavy atom. The number of benzene rings is 2. The summed E-state index contributed by atoms with van der Waals surface area (Å²) in [7, 11) is 0. The number of halogens is 2. The van der Waals surface area contributed by atoms with Crippen molar-refractivity contribution >= 4 is 21.9 Å². The molecule has 0 heterocycles. The highest BCUT2D eigenvalue weighted by atomic mass is 79.9. The first-order valence-electron chi connectivity index (χ1n) is 5.92. The number of carboxylic acids is 1. The Balaban J connectivity index is 2.00. The highest BCUT2D eigenvalue weighted by Crippen LogP contribution is 2.26. The molecule has 3 nitrogen and oxygen atoms in total. The van der Waals surface area contributed by atoms with Crippen LogP contribution in [0.4, 0.5) is 4.39 Å². The van der Waals surface area contributed by atoms with Crippen LogP contribution in [0.25, 0.3) is 0 Å². The third-order valence-corrected chi connectivity index (χ3v) is 3.32. The van der Waals surface area contributed by atoms with Crippen molar-refractivity contribution in [1.29, 1.82) is 0 Å². The van der Waals surface area contributed by atoms with Gasteiger partial charge in [0.2, 0.25) is 0 Å². The molecule has 2 rings (SSSR count). The molecule has 2 aromatic carbocycles. The Morgan fingerprint density at radius 2 is 1.80 bits per heavy atom. The van der Waals surface area contributed by atoms with Gasteiger partial charge in [-0.05, 0) is 39.2 Å². The molecule has 1 N–H and O–H groups in total. The smallest absolute Gasteiger partial charge is 0.307 e. The van der Waals surface area contributed by atoms with Gasteiger partial charge in [-0.1, -0.05) is 24.3 Å². The van der Waals surface area contributed by atoms with Crippen molar-refractivity contribution in [1.82, 2.24) is 0 Å². The Morgan fingerprint density at radius 1 is 1.15 bits per heavy atom. The average Bonchev–Trinajstić information content (AvgIpc) is 2.41. The van der Waals surface area contributed by atoms with Gasteiger partial charge in [0.1, 0.15) is 18.2 Å². The van der Waals surface area contributed by atoms with Crippen LogP contribution in [0.15, 0.2) is 46.9 Å². The molecule has 0 fully saturated rings. The van der Waals surface area contributed by atoms with E-state index >= 15 is 0 Å². The summed E-state index contributed by atoms with van der Waals surface area (Å²) in [5, 5.41) is 8.68. The Kier molecular flexibility index (Phi) is 4.74. The molecule has 0 radical (unpaired) electrons. The number of ether oxygens (including phenoxy) is 1. The summed E-state index contributed by atoms with van der Waals surface area (Å²) in [6, 6.07) is 11.3. The van der Waals surface area contributed by atoms with Gasteiger partial charge in [-0.25, -0.2) is 4.39 Å². The van der Waals surface area contributed by atoms with Gasteiger partial charge in [0, 0.05) is 6.07 Å². The van der Waals surface area contributed by atoms with Crippen LogP contribution in [0.5, 0.6) is 5.75 Å². The van der Waals surface area contributed by atoms with E-state index in [1.807, 2.05) is 0 Å². The molecular weight excluding hydrogens is 327 g/mol. The number of hydrogen-bond donors (Lipinski definition) is 1. The highest BCUT2D eigenvalue weighted by Gasteiger charge is 2.04. The lowest BCUT2D eigenvalue weighted by molar-refractivity contribution is -0.136. The van der Waals surface area contributed by atoms with E-state index in [-0.39, 0.29) is 18.8 Å². The molecule has 0 aliphatic carbocycles. The molecule has 0 saturated heterocycles. The summed E-state index contributed by atoms with van der Waals surface area (Å²) in [6.07, 6.45) is -0.00339. The van der Waals surface area contributed by atoms with Crippen molar-refractivity contribution in [3.8, 4) is 5.75 Å². The van der Waals surface area contributed by atoms with Crippen LogP contribution in [0, 0.1) is 5.82 Å². The lowest BCUT2D eigenvalue weighted by Gasteiger charge is -2.08. The fourth-order valence-electron chi connectivity index (χ4n) is 1.68. The quantitative estimate of drug-likeness (QED) is 0.901. The predicted molar refractivity (Wildman–Crippen MR) is 76.2 cm³/mol. The molecule has 5 heteroatoms. The fourth-order valence-corrected chi connectivity index (χ4v) is 2.04. The number of aliphatic carboxylic acids is 1. The van der Waals surface area contributed by atoms with E-state index in [2.05, 4.69) is 15.9 Å². The molecule has 0 aromatic heterocycles. The zero-order valence-electron chi connectivity index (χ0n) is 10.5. The van der Waals surface area contributed by atoms with Crippen molar-refractivity contribution in [2.45, 2.75) is 13.0 Å². The second-order valence-corrected chi connectivity index (χ2v) is 5.10. The zero-order valence-corrected chi connectivity index (χ0v) is 12.1. The van der Waals surface area contributed by atoms with Gasteiger partial charge in [-0.2, -0.15) is 0 Å². The summed E-state index contributed by atoms with van der Waals surface area (Å²) >= 11 is 3.29. The second-order valence-electron chi connectivity index (χ2n) is 4.25. The Bertz CT molecular complexity index is 611. The van der Waals surface area contributed by atoms with Crippen molar-refractivity contribution in [2.75, 3.05) is 0 Å². The molecule has 20 heavy (non-hydrogen) atoms. The van der Waals surface area contributed by atoms with Crippen molar-refractivity contribution in [3.63, 3.8) is 0 Å². The number of rotatable bonds is 5. The normalized spacial score (nSPS) is 10.3. The summed E-state index contributed by atoms with van der Waals surface area (Å²) in [5.74, 6) is -0.794. The first-order valence-corrected chi connectivity index (χ1v) is 6.71. The lowest BCUT2D eigenvalue weighted by atomic mass is 10.1. The first-order chi connectivity index (χ1) is 9.54. The van der Waals surface area contributed by atoms with Gasteiger partial charge in [-0.15, -0.1) is 0 Å². The minimum Gasteiger partial charge on any atom is -0.488 e. The average molecular weight is 339 g/mol. The van der Waals surface area contributed by atoms with E-state index in [1.54, 1.807) is 30.3 Å². The summed E-state index contributed by atoms with van der Waals surface area (Å²) in [6.45, 7) is 0.287. The first kappa shape index (κ1) is 14.5. The molecule has 0 spiro atoms. The van der Waals surface area contributed by atoms with Gasteiger partial charge < -0.3 is 9.84 Å². The summed E-state index contributed by atoms with van der Waals surface area (Å²) in [5.41, 5.74) is 1.61. The van der Waals surface area contributed by atoms with Crippen LogP contribution < -0.4 is 4.74 Å². The molecule has 0 unspecified atom stereocenters. The number of carboxylic acid groups (broad SMARTS) is 1. The monoisotopic (exact) mass is 338 g/mol. The minimum atomic E-state index is -0.863.